The standard InChI is InChI=1S/C12H16BrFN2O/c1-7(2)5-10(15)12(17)16-11-4-3-8(13)6-9(11)14/h3-4,6-7,10H,5,15H2,1-2H3,(H,16,17)/t10-/m0/s1. The Morgan fingerprint density at radius 3 is 2.71 bits per heavy atom. The molecule has 3 nitrogen and oxygen atoms in total. The predicted octanol–water partition coefficient (Wildman–Crippen LogP) is 2.90. The molecular weight excluding hydrogens is 287 g/mol. The van der Waals surface area contributed by atoms with Gasteiger partial charge in [-0.25, -0.2) is 4.39 Å². The van der Waals surface area contributed by atoms with Gasteiger partial charge in [0.15, 0.2) is 0 Å². The van der Waals surface area contributed by atoms with Crippen molar-refractivity contribution < 1.29 is 9.18 Å². The van der Waals surface area contributed by atoms with E-state index in [1.807, 2.05) is 13.8 Å². The average molecular weight is 303 g/mol. The molecule has 5 heteroatoms. The first-order valence-electron chi connectivity index (χ1n) is 5.41. The Kier molecular flexibility index (Phi) is 5.08. The van der Waals surface area contributed by atoms with Crippen molar-refractivity contribution in [1.82, 2.24) is 0 Å². The first kappa shape index (κ1) is 14.1. The third-order valence-electron chi connectivity index (χ3n) is 2.25. The zero-order valence-corrected chi connectivity index (χ0v) is 11.4. The second kappa shape index (κ2) is 6.12. The molecule has 0 aliphatic rings. The first-order chi connectivity index (χ1) is 7.90. The molecule has 0 bridgehead atoms. The van der Waals surface area contributed by atoms with Crippen molar-refractivity contribution in [1.29, 1.82) is 0 Å². The van der Waals surface area contributed by atoms with Crippen LogP contribution in [-0.4, -0.2) is 11.9 Å². The van der Waals surface area contributed by atoms with Gasteiger partial charge in [0, 0.05) is 4.47 Å². The van der Waals surface area contributed by atoms with E-state index in [4.69, 9.17) is 5.73 Å². The molecule has 1 aromatic carbocycles. The Hall–Kier alpha value is -0.940. The van der Waals surface area contributed by atoms with Crippen molar-refractivity contribution in [3.05, 3.63) is 28.5 Å². The van der Waals surface area contributed by atoms with Crippen LogP contribution in [0.15, 0.2) is 22.7 Å². The Bertz CT molecular complexity index is 409. The second-order valence-electron chi connectivity index (χ2n) is 4.35. The van der Waals surface area contributed by atoms with Crippen molar-refractivity contribution in [3.8, 4) is 0 Å². The summed E-state index contributed by atoms with van der Waals surface area (Å²) in [5, 5.41) is 2.48. The van der Waals surface area contributed by atoms with E-state index in [1.54, 1.807) is 6.07 Å². The predicted molar refractivity (Wildman–Crippen MR) is 70.2 cm³/mol. The van der Waals surface area contributed by atoms with Crippen molar-refractivity contribution in [3.63, 3.8) is 0 Å². The molecular formula is C12H16BrFN2O. The molecule has 1 rings (SSSR count). The van der Waals surface area contributed by atoms with Crippen molar-refractivity contribution in [2.75, 3.05) is 5.32 Å². The number of amides is 1. The lowest BCUT2D eigenvalue weighted by Crippen LogP contribution is -2.36. The number of anilines is 1. The maximum Gasteiger partial charge on any atom is 0.241 e. The number of halogens is 2. The zero-order chi connectivity index (χ0) is 13.0. The van der Waals surface area contributed by atoms with E-state index in [0.29, 0.717) is 16.8 Å². The van der Waals surface area contributed by atoms with Gasteiger partial charge in [-0.3, -0.25) is 4.79 Å². The maximum absolute atomic E-state index is 13.5. The number of benzene rings is 1. The summed E-state index contributed by atoms with van der Waals surface area (Å²) in [6.07, 6.45) is 0.573. The SMILES string of the molecule is CC(C)C[C@H](N)C(=O)Nc1ccc(Br)cc1F. The third kappa shape index (κ3) is 4.44. The van der Waals surface area contributed by atoms with Gasteiger partial charge in [0.05, 0.1) is 11.7 Å². The van der Waals surface area contributed by atoms with Crippen LogP contribution in [0.2, 0.25) is 0 Å². The van der Waals surface area contributed by atoms with Crippen molar-refractivity contribution in [2.24, 2.45) is 11.7 Å². The highest BCUT2D eigenvalue weighted by atomic mass is 79.9. The number of nitrogens with one attached hydrogen (secondary N) is 1. The summed E-state index contributed by atoms with van der Waals surface area (Å²) in [7, 11) is 0. The number of nitrogens with two attached hydrogens (primary N) is 1. The molecule has 1 amide bonds. The second-order valence-corrected chi connectivity index (χ2v) is 5.27. The molecule has 0 aromatic heterocycles. The molecule has 94 valence electrons. The maximum atomic E-state index is 13.5. The van der Waals surface area contributed by atoms with Crippen molar-refractivity contribution in [2.45, 2.75) is 26.3 Å². The number of carbonyl (C=O) groups excluding carboxylic acids is 1. The van der Waals surface area contributed by atoms with E-state index in [-0.39, 0.29) is 11.6 Å². The van der Waals surface area contributed by atoms with Crippen LogP contribution in [0.25, 0.3) is 0 Å². The van der Waals surface area contributed by atoms with E-state index < -0.39 is 11.9 Å². The summed E-state index contributed by atoms with van der Waals surface area (Å²) in [6.45, 7) is 3.96. The van der Waals surface area contributed by atoms with Crippen LogP contribution in [0.5, 0.6) is 0 Å². The number of hydrogen-bond acceptors (Lipinski definition) is 2. The van der Waals surface area contributed by atoms with Gasteiger partial charge in [0.2, 0.25) is 5.91 Å². The first-order valence-corrected chi connectivity index (χ1v) is 6.21. The lowest BCUT2D eigenvalue weighted by molar-refractivity contribution is -0.117. The van der Waals surface area contributed by atoms with Gasteiger partial charge in [0.25, 0.3) is 0 Å². The van der Waals surface area contributed by atoms with Gasteiger partial charge in [0.1, 0.15) is 5.82 Å². The fourth-order valence-electron chi connectivity index (χ4n) is 1.43. The Balaban J connectivity index is 2.67. The summed E-state index contributed by atoms with van der Waals surface area (Å²) in [4.78, 5) is 11.7. The molecule has 3 N–H and O–H groups in total. The molecule has 1 atom stereocenters. The summed E-state index contributed by atoms with van der Waals surface area (Å²) in [6, 6.07) is 3.84. The quantitative estimate of drug-likeness (QED) is 0.898. The van der Waals surface area contributed by atoms with E-state index in [1.165, 1.54) is 12.1 Å². The Morgan fingerprint density at radius 1 is 1.53 bits per heavy atom. The van der Waals surface area contributed by atoms with Gasteiger partial charge in [-0.1, -0.05) is 29.8 Å². The molecule has 0 radical (unpaired) electrons. The van der Waals surface area contributed by atoms with Crippen LogP contribution < -0.4 is 11.1 Å². The lowest BCUT2D eigenvalue weighted by Gasteiger charge is -2.14. The summed E-state index contributed by atoms with van der Waals surface area (Å²) in [5.41, 5.74) is 5.85. The summed E-state index contributed by atoms with van der Waals surface area (Å²) >= 11 is 3.15. The Morgan fingerprint density at radius 2 is 2.18 bits per heavy atom. The van der Waals surface area contributed by atoms with Gasteiger partial charge < -0.3 is 11.1 Å². The number of carbonyl (C=O) groups is 1. The monoisotopic (exact) mass is 302 g/mol. The van der Waals surface area contributed by atoms with Crippen LogP contribution >= 0.6 is 15.9 Å². The molecule has 0 saturated heterocycles. The number of hydrogen-bond donors (Lipinski definition) is 2. The normalized spacial score (nSPS) is 12.6. The highest BCUT2D eigenvalue weighted by molar-refractivity contribution is 9.10. The van der Waals surface area contributed by atoms with Gasteiger partial charge in [-0.2, -0.15) is 0 Å². The zero-order valence-electron chi connectivity index (χ0n) is 9.84. The van der Waals surface area contributed by atoms with Gasteiger partial charge >= 0.3 is 0 Å². The molecule has 0 aliphatic heterocycles. The average Bonchev–Trinajstić information content (AvgIpc) is 2.21. The minimum Gasteiger partial charge on any atom is -0.322 e. The molecule has 0 saturated carbocycles. The molecule has 1 aromatic rings. The minimum atomic E-state index is -0.613. The van der Waals surface area contributed by atoms with Crippen LogP contribution in [0.4, 0.5) is 10.1 Å². The lowest BCUT2D eigenvalue weighted by atomic mass is 10.0. The third-order valence-corrected chi connectivity index (χ3v) is 2.74. The largest absolute Gasteiger partial charge is 0.322 e. The summed E-state index contributed by atoms with van der Waals surface area (Å²) in [5.74, 6) is -0.519. The molecule has 0 fully saturated rings. The summed E-state index contributed by atoms with van der Waals surface area (Å²) < 4.78 is 14.1. The molecule has 0 spiro atoms. The van der Waals surface area contributed by atoms with Crippen LogP contribution in [-0.2, 0) is 4.79 Å². The molecule has 0 unspecified atom stereocenters. The van der Waals surface area contributed by atoms with E-state index in [9.17, 15) is 9.18 Å². The van der Waals surface area contributed by atoms with E-state index in [2.05, 4.69) is 21.2 Å². The van der Waals surface area contributed by atoms with E-state index >= 15 is 0 Å². The fourth-order valence-corrected chi connectivity index (χ4v) is 1.76. The van der Waals surface area contributed by atoms with Crippen LogP contribution in [0.1, 0.15) is 20.3 Å². The van der Waals surface area contributed by atoms with Gasteiger partial charge in [-0.05, 0) is 30.5 Å². The highest BCUT2D eigenvalue weighted by Gasteiger charge is 2.16. The number of rotatable bonds is 4. The topological polar surface area (TPSA) is 55.1 Å². The van der Waals surface area contributed by atoms with E-state index in [0.717, 1.165) is 0 Å². The minimum absolute atomic E-state index is 0.150. The molecule has 0 heterocycles. The Labute approximate surface area is 109 Å². The smallest absolute Gasteiger partial charge is 0.241 e. The van der Waals surface area contributed by atoms with Gasteiger partial charge in [-0.15, -0.1) is 0 Å². The van der Waals surface area contributed by atoms with Crippen molar-refractivity contribution >= 4 is 27.5 Å². The highest BCUT2D eigenvalue weighted by Crippen LogP contribution is 2.19. The molecule has 17 heavy (non-hydrogen) atoms. The fraction of sp³-hybridized carbons (Fsp3) is 0.417. The van der Waals surface area contributed by atoms with Crippen LogP contribution in [0.3, 0.4) is 0 Å². The van der Waals surface area contributed by atoms with Crippen LogP contribution in [0, 0.1) is 11.7 Å². The molecule has 0 aliphatic carbocycles.